The van der Waals surface area contributed by atoms with Crippen LogP contribution in [0.3, 0.4) is 0 Å². The van der Waals surface area contributed by atoms with Gasteiger partial charge in [0.15, 0.2) is 0 Å². The molecule has 1 heterocycles. The molecule has 1 N–H and O–H groups in total. The largest absolute Gasteiger partial charge is 0.392 e. The zero-order chi connectivity index (χ0) is 14.2. The number of hydrogen-bond acceptors (Lipinski definition) is 4. The summed E-state index contributed by atoms with van der Waals surface area (Å²) in [5.41, 5.74) is 2.65. The molecule has 0 bridgehead atoms. The van der Waals surface area contributed by atoms with E-state index in [4.69, 9.17) is 0 Å². The molecule has 1 aromatic heterocycles. The summed E-state index contributed by atoms with van der Waals surface area (Å²) in [6, 6.07) is 0.132. The first-order chi connectivity index (χ1) is 8.84. The molecule has 1 saturated carbocycles. The van der Waals surface area contributed by atoms with E-state index in [0.717, 1.165) is 36.2 Å². The van der Waals surface area contributed by atoms with E-state index in [-0.39, 0.29) is 17.9 Å². The van der Waals surface area contributed by atoms with Crippen LogP contribution in [0.25, 0.3) is 0 Å². The molecule has 5 nitrogen and oxygen atoms in total. The maximum atomic E-state index is 11.7. The zero-order valence-corrected chi connectivity index (χ0v) is 12.6. The van der Waals surface area contributed by atoms with E-state index in [0.29, 0.717) is 6.42 Å². The van der Waals surface area contributed by atoms with E-state index in [1.54, 1.807) is 0 Å². The van der Waals surface area contributed by atoms with Gasteiger partial charge in [-0.15, -0.1) is 0 Å². The Bertz CT molecular complexity index is 563. The van der Waals surface area contributed by atoms with Crippen LogP contribution >= 0.6 is 0 Å². The first-order valence-electron chi connectivity index (χ1n) is 6.69. The lowest BCUT2D eigenvalue weighted by molar-refractivity contribution is 0.278. The summed E-state index contributed by atoms with van der Waals surface area (Å²) in [6.45, 7) is 3.81. The first-order valence-corrected chi connectivity index (χ1v) is 8.64. The molecule has 1 aliphatic carbocycles. The number of aliphatic hydroxyl groups excluding tert-OH is 1. The van der Waals surface area contributed by atoms with Crippen LogP contribution in [0.5, 0.6) is 0 Å². The van der Waals surface area contributed by atoms with Gasteiger partial charge in [0.25, 0.3) is 0 Å². The van der Waals surface area contributed by atoms with Gasteiger partial charge in [-0.2, -0.15) is 5.10 Å². The number of hydrogen-bond donors (Lipinski definition) is 1. The second-order valence-corrected chi connectivity index (χ2v) is 7.85. The molecule has 0 spiro atoms. The summed E-state index contributed by atoms with van der Waals surface area (Å²) in [6.07, 6.45) is 4.57. The highest BCUT2D eigenvalue weighted by atomic mass is 32.2. The van der Waals surface area contributed by atoms with Crippen molar-refractivity contribution in [2.45, 2.75) is 57.4 Å². The third-order valence-electron chi connectivity index (χ3n) is 4.18. The third-order valence-corrected chi connectivity index (χ3v) is 5.82. The van der Waals surface area contributed by atoms with Crippen molar-refractivity contribution in [2.75, 3.05) is 6.26 Å². The molecule has 108 valence electrons. The Labute approximate surface area is 114 Å². The van der Waals surface area contributed by atoms with Crippen LogP contribution in [0.4, 0.5) is 0 Å². The Balaban J connectivity index is 2.27. The molecule has 2 rings (SSSR count). The Hall–Kier alpha value is -0.880. The molecular weight excluding hydrogens is 264 g/mol. The van der Waals surface area contributed by atoms with E-state index < -0.39 is 9.84 Å². The SMILES string of the molecule is Cc1nn(C2CCCC(S(C)(=O)=O)C2)c(C)c1CO. The number of aromatic nitrogens is 2. The van der Waals surface area contributed by atoms with Crippen molar-refractivity contribution in [1.82, 2.24) is 9.78 Å². The minimum Gasteiger partial charge on any atom is -0.392 e. The fourth-order valence-electron chi connectivity index (χ4n) is 3.01. The minimum atomic E-state index is -2.98. The van der Waals surface area contributed by atoms with Crippen molar-refractivity contribution in [2.24, 2.45) is 0 Å². The highest BCUT2D eigenvalue weighted by molar-refractivity contribution is 7.91. The van der Waals surface area contributed by atoms with Crippen LogP contribution in [0, 0.1) is 13.8 Å². The Morgan fingerprint density at radius 1 is 1.37 bits per heavy atom. The third kappa shape index (κ3) is 2.84. The summed E-state index contributed by atoms with van der Waals surface area (Å²) >= 11 is 0. The molecule has 1 aromatic rings. The van der Waals surface area contributed by atoms with Gasteiger partial charge in [-0.1, -0.05) is 6.42 Å². The molecule has 0 amide bonds. The van der Waals surface area contributed by atoms with Crippen molar-refractivity contribution in [3.05, 3.63) is 17.0 Å². The van der Waals surface area contributed by atoms with Gasteiger partial charge in [0, 0.05) is 17.5 Å². The average molecular weight is 286 g/mol. The summed E-state index contributed by atoms with van der Waals surface area (Å²) in [5.74, 6) is 0. The molecule has 0 saturated heterocycles. The van der Waals surface area contributed by atoms with Crippen molar-refractivity contribution >= 4 is 9.84 Å². The highest BCUT2D eigenvalue weighted by Gasteiger charge is 2.31. The zero-order valence-electron chi connectivity index (χ0n) is 11.8. The molecule has 0 aliphatic heterocycles. The maximum absolute atomic E-state index is 11.7. The second kappa shape index (κ2) is 5.25. The number of aryl methyl sites for hydroxylation is 1. The van der Waals surface area contributed by atoms with Crippen molar-refractivity contribution in [3.63, 3.8) is 0 Å². The summed E-state index contributed by atoms with van der Waals surface area (Å²) in [4.78, 5) is 0. The molecule has 0 radical (unpaired) electrons. The van der Waals surface area contributed by atoms with Crippen LogP contribution in [-0.2, 0) is 16.4 Å². The van der Waals surface area contributed by atoms with E-state index in [9.17, 15) is 13.5 Å². The van der Waals surface area contributed by atoms with E-state index >= 15 is 0 Å². The molecule has 0 aromatic carbocycles. The number of rotatable bonds is 3. The Kier molecular flexibility index (Phi) is 4.01. The van der Waals surface area contributed by atoms with Gasteiger partial charge in [-0.3, -0.25) is 4.68 Å². The van der Waals surface area contributed by atoms with Crippen LogP contribution < -0.4 is 0 Å². The van der Waals surface area contributed by atoms with Crippen molar-refractivity contribution in [3.8, 4) is 0 Å². The normalized spacial score (nSPS) is 24.6. The van der Waals surface area contributed by atoms with Gasteiger partial charge in [0.1, 0.15) is 9.84 Å². The fourth-order valence-corrected chi connectivity index (χ4v) is 4.18. The monoisotopic (exact) mass is 286 g/mol. The van der Waals surface area contributed by atoms with E-state index in [2.05, 4.69) is 5.10 Å². The predicted molar refractivity (Wildman–Crippen MR) is 73.8 cm³/mol. The highest BCUT2D eigenvalue weighted by Crippen LogP contribution is 2.33. The molecule has 6 heteroatoms. The quantitative estimate of drug-likeness (QED) is 0.914. The topological polar surface area (TPSA) is 72.2 Å². The predicted octanol–water partition coefficient (Wildman–Crippen LogP) is 1.52. The summed E-state index contributed by atoms with van der Waals surface area (Å²) in [5, 5.41) is 13.6. The molecule has 2 unspecified atom stereocenters. The first kappa shape index (κ1) is 14.5. The lowest BCUT2D eigenvalue weighted by atomic mass is 9.95. The maximum Gasteiger partial charge on any atom is 0.150 e. The fraction of sp³-hybridized carbons (Fsp3) is 0.769. The molecular formula is C13H22N2O3S. The van der Waals surface area contributed by atoms with Gasteiger partial charge in [-0.25, -0.2) is 8.42 Å². The Morgan fingerprint density at radius 3 is 2.58 bits per heavy atom. The average Bonchev–Trinajstić information content (AvgIpc) is 2.63. The minimum absolute atomic E-state index is 0.0140. The van der Waals surface area contributed by atoms with Crippen LogP contribution in [0.15, 0.2) is 0 Å². The summed E-state index contributed by atoms with van der Waals surface area (Å²) in [7, 11) is -2.98. The summed E-state index contributed by atoms with van der Waals surface area (Å²) < 4.78 is 25.3. The van der Waals surface area contributed by atoms with Crippen molar-refractivity contribution < 1.29 is 13.5 Å². The van der Waals surface area contributed by atoms with Gasteiger partial charge in [0.2, 0.25) is 0 Å². The number of aliphatic hydroxyl groups is 1. The van der Waals surface area contributed by atoms with Gasteiger partial charge < -0.3 is 5.11 Å². The van der Waals surface area contributed by atoms with Crippen LogP contribution in [-0.4, -0.2) is 34.8 Å². The van der Waals surface area contributed by atoms with Crippen LogP contribution in [0.2, 0.25) is 0 Å². The number of sulfone groups is 1. The molecule has 2 atom stereocenters. The molecule has 19 heavy (non-hydrogen) atoms. The lowest BCUT2D eigenvalue weighted by Gasteiger charge is -2.29. The van der Waals surface area contributed by atoms with Gasteiger partial charge >= 0.3 is 0 Å². The second-order valence-electron chi connectivity index (χ2n) is 5.52. The number of nitrogens with zero attached hydrogens (tertiary/aromatic N) is 2. The lowest BCUT2D eigenvalue weighted by Crippen LogP contribution is -2.29. The van der Waals surface area contributed by atoms with Crippen molar-refractivity contribution in [1.29, 1.82) is 0 Å². The molecule has 1 fully saturated rings. The standard InChI is InChI=1S/C13H22N2O3S/c1-9-13(8-16)10(2)15(14-9)11-5-4-6-12(7-11)19(3,17)18/h11-12,16H,4-8H2,1-3H3. The van der Waals surface area contributed by atoms with Crippen LogP contribution in [0.1, 0.15) is 48.7 Å². The van der Waals surface area contributed by atoms with E-state index in [1.807, 2.05) is 18.5 Å². The smallest absolute Gasteiger partial charge is 0.150 e. The molecule has 1 aliphatic rings. The van der Waals surface area contributed by atoms with Gasteiger partial charge in [0.05, 0.1) is 23.6 Å². The van der Waals surface area contributed by atoms with Gasteiger partial charge in [-0.05, 0) is 33.1 Å². The van der Waals surface area contributed by atoms with E-state index in [1.165, 1.54) is 6.26 Å². The Morgan fingerprint density at radius 2 is 2.05 bits per heavy atom.